The van der Waals surface area contributed by atoms with Crippen LogP contribution in [-0.2, 0) is 14.3 Å². The maximum atomic E-state index is 11.9. The quantitative estimate of drug-likeness (QED) is 0.429. The van der Waals surface area contributed by atoms with Gasteiger partial charge < -0.3 is 10.5 Å². The minimum Gasteiger partial charge on any atom is -0.365 e. The third-order valence-corrected chi connectivity index (χ3v) is 3.38. The Morgan fingerprint density at radius 1 is 1.20 bits per heavy atom. The first-order chi connectivity index (χ1) is 7.24. The molecule has 0 aliphatic carbocycles. The molecule has 2 bridgehead atoms. The number of hydrogen-bond donors (Lipinski definition) is 1. The second-order valence-electron chi connectivity index (χ2n) is 4.18. The van der Waals surface area contributed by atoms with Gasteiger partial charge in [-0.1, -0.05) is 12.2 Å². The Kier molecular flexibility index (Phi) is 1.75. The molecular weight excluding hydrogens is 196 g/mol. The zero-order valence-corrected chi connectivity index (χ0v) is 8.26. The van der Waals surface area contributed by atoms with Gasteiger partial charge in [-0.3, -0.25) is 14.5 Å². The first kappa shape index (κ1) is 9.06. The number of nitrogens with zero attached hydrogens (tertiary/aromatic N) is 1. The van der Waals surface area contributed by atoms with E-state index < -0.39 is 0 Å². The van der Waals surface area contributed by atoms with Gasteiger partial charge >= 0.3 is 0 Å². The van der Waals surface area contributed by atoms with E-state index in [0.29, 0.717) is 13.1 Å². The van der Waals surface area contributed by atoms with Crippen LogP contribution in [0.15, 0.2) is 12.2 Å². The van der Waals surface area contributed by atoms with Gasteiger partial charge in [0.1, 0.15) is 0 Å². The molecule has 4 atom stereocenters. The number of rotatable bonds is 2. The summed E-state index contributed by atoms with van der Waals surface area (Å²) >= 11 is 0. The van der Waals surface area contributed by atoms with E-state index in [0.717, 1.165) is 0 Å². The lowest BCUT2D eigenvalue weighted by Crippen LogP contribution is -2.56. The molecule has 3 aliphatic heterocycles. The Balaban J connectivity index is 1.93. The second kappa shape index (κ2) is 2.90. The van der Waals surface area contributed by atoms with Gasteiger partial charge in [0.15, 0.2) is 0 Å². The molecule has 80 valence electrons. The lowest BCUT2D eigenvalue weighted by atomic mass is 9.85. The number of imide groups is 1. The molecule has 2 amide bonds. The molecule has 0 spiro atoms. The highest BCUT2D eigenvalue weighted by molar-refractivity contribution is 6.06. The molecule has 0 aromatic rings. The van der Waals surface area contributed by atoms with Gasteiger partial charge in [-0.2, -0.15) is 0 Å². The molecule has 0 aromatic heterocycles. The molecule has 5 heteroatoms. The predicted octanol–water partition coefficient (Wildman–Crippen LogP) is -1.83. The van der Waals surface area contributed by atoms with Gasteiger partial charge in [0, 0.05) is 0 Å². The SMILES string of the molecule is [NH3+]CCN1C(=O)C2C3C=CC(O3)C2C1=O. The van der Waals surface area contributed by atoms with E-state index in [1.807, 2.05) is 12.2 Å². The normalized spacial score (nSPS) is 41.8. The van der Waals surface area contributed by atoms with Crippen molar-refractivity contribution in [2.75, 3.05) is 13.1 Å². The first-order valence-corrected chi connectivity index (χ1v) is 5.22. The summed E-state index contributed by atoms with van der Waals surface area (Å²) in [4.78, 5) is 25.2. The summed E-state index contributed by atoms with van der Waals surface area (Å²) in [6.45, 7) is 1.00. The fraction of sp³-hybridized carbons (Fsp3) is 0.600. The summed E-state index contributed by atoms with van der Waals surface area (Å²) in [5, 5.41) is 0. The molecule has 5 nitrogen and oxygen atoms in total. The van der Waals surface area contributed by atoms with Crippen LogP contribution >= 0.6 is 0 Å². The van der Waals surface area contributed by atoms with Gasteiger partial charge in [0.2, 0.25) is 11.8 Å². The fourth-order valence-corrected chi connectivity index (χ4v) is 2.74. The summed E-state index contributed by atoms with van der Waals surface area (Å²) in [6, 6.07) is 0. The van der Waals surface area contributed by atoms with Crippen molar-refractivity contribution in [3.05, 3.63) is 12.2 Å². The maximum absolute atomic E-state index is 11.9. The average Bonchev–Trinajstić information content (AvgIpc) is 2.87. The molecule has 2 saturated heterocycles. The van der Waals surface area contributed by atoms with Crippen LogP contribution < -0.4 is 5.73 Å². The molecule has 3 aliphatic rings. The largest absolute Gasteiger partial charge is 0.365 e. The van der Waals surface area contributed by atoms with E-state index in [1.165, 1.54) is 4.90 Å². The highest BCUT2D eigenvalue weighted by Crippen LogP contribution is 2.44. The molecule has 4 unspecified atom stereocenters. The van der Waals surface area contributed by atoms with Crippen LogP contribution in [0.1, 0.15) is 0 Å². The van der Waals surface area contributed by atoms with Crippen LogP contribution in [0.25, 0.3) is 0 Å². The molecule has 0 aromatic carbocycles. The van der Waals surface area contributed by atoms with Gasteiger partial charge in [0.05, 0.1) is 37.1 Å². The Labute approximate surface area is 86.9 Å². The van der Waals surface area contributed by atoms with Crippen LogP contribution in [0.5, 0.6) is 0 Å². The van der Waals surface area contributed by atoms with Gasteiger partial charge in [-0.15, -0.1) is 0 Å². The number of carbonyl (C=O) groups excluding carboxylic acids is 2. The van der Waals surface area contributed by atoms with Crippen LogP contribution in [0.4, 0.5) is 0 Å². The van der Waals surface area contributed by atoms with Crippen LogP contribution in [0.3, 0.4) is 0 Å². The number of ether oxygens (including phenoxy) is 1. The molecule has 2 fully saturated rings. The number of hydrogen-bond acceptors (Lipinski definition) is 3. The molecule has 0 saturated carbocycles. The topological polar surface area (TPSA) is 74.2 Å². The zero-order valence-electron chi connectivity index (χ0n) is 8.26. The first-order valence-electron chi connectivity index (χ1n) is 5.22. The van der Waals surface area contributed by atoms with Crippen LogP contribution in [0, 0.1) is 11.8 Å². The van der Waals surface area contributed by atoms with Gasteiger partial charge in [0.25, 0.3) is 0 Å². The van der Waals surface area contributed by atoms with E-state index >= 15 is 0 Å². The summed E-state index contributed by atoms with van der Waals surface area (Å²) in [5.74, 6) is -0.686. The standard InChI is InChI=1S/C10H12N2O3/c11-3-4-12-9(13)7-5-1-2-6(15-5)8(7)10(12)14/h1-2,5-8H,3-4,11H2/p+1. The van der Waals surface area contributed by atoms with Gasteiger partial charge in [-0.05, 0) is 0 Å². The average molecular weight is 209 g/mol. The third kappa shape index (κ3) is 0.992. The zero-order chi connectivity index (χ0) is 10.6. The summed E-state index contributed by atoms with van der Waals surface area (Å²) in [5.41, 5.74) is 3.67. The van der Waals surface area contributed by atoms with Crippen molar-refractivity contribution in [1.29, 1.82) is 0 Å². The van der Waals surface area contributed by atoms with E-state index in [1.54, 1.807) is 0 Å². The van der Waals surface area contributed by atoms with Crippen molar-refractivity contribution in [3.8, 4) is 0 Å². The number of likely N-dealkylation sites (tertiary alicyclic amines) is 1. The van der Waals surface area contributed by atoms with Gasteiger partial charge in [-0.25, -0.2) is 0 Å². The van der Waals surface area contributed by atoms with E-state index in [4.69, 9.17) is 4.74 Å². The number of fused-ring (bicyclic) bond motifs is 5. The summed E-state index contributed by atoms with van der Waals surface area (Å²) < 4.78 is 5.51. The summed E-state index contributed by atoms with van der Waals surface area (Å²) in [6.07, 6.45) is 3.44. The molecule has 3 heterocycles. The summed E-state index contributed by atoms with van der Waals surface area (Å²) in [7, 11) is 0. The number of quaternary nitrogens is 1. The van der Waals surface area contributed by atoms with Crippen molar-refractivity contribution >= 4 is 11.8 Å². The Morgan fingerprint density at radius 3 is 2.20 bits per heavy atom. The predicted molar refractivity (Wildman–Crippen MR) is 49.3 cm³/mol. The second-order valence-corrected chi connectivity index (χ2v) is 4.18. The van der Waals surface area contributed by atoms with E-state index in [9.17, 15) is 9.59 Å². The maximum Gasteiger partial charge on any atom is 0.236 e. The molecule has 3 rings (SSSR count). The van der Waals surface area contributed by atoms with Crippen molar-refractivity contribution in [2.24, 2.45) is 11.8 Å². The van der Waals surface area contributed by atoms with Crippen molar-refractivity contribution in [3.63, 3.8) is 0 Å². The minimum atomic E-state index is -0.265. The van der Waals surface area contributed by atoms with Crippen LogP contribution in [0.2, 0.25) is 0 Å². The Bertz CT molecular complexity index is 336. The van der Waals surface area contributed by atoms with E-state index in [-0.39, 0.29) is 35.9 Å². The number of amides is 2. The smallest absolute Gasteiger partial charge is 0.236 e. The molecular formula is C10H13N2O3+. The minimum absolute atomic E-state index is 0.0782. The lowest BCUT2D eigenvalue weighted by molar-refractivity contribution is -0.367. The number of carbonyl (C=O) groups is 2. The highest BCUT2D eigenvalue weighted by atomic mass is 16.5. The lowest BCUT2D eigenvalue weighted by Gasteiger charge is -2.15. The highest BCUT2D eigenvalue weighted by Gasteiger charge is 2.60. The van der Waals surface area contributed by atoms with Crippen molar-refractivity contribution in [2.45, 2.75) is 12.2 Å². The fourth-order valence-electron chi connectivity index (χ4n) is 2.74. The third-order valence-electron chi connectivity index (χ3n) is 3.38. The molecule has 0 radical (unpaired) electrons. The van der Waals surface area contributed by atoms with Crippen molar-refractivity contribution in [1.82, 2.24) is 4.90 Å². The van der Waals surface area contributed by atoms with Crippen LogP contribution in [-0.4, -0.2) is 42.0 Å². The van der Waals surface area contributed by atoms with Crippen molar-refractivity contribution < 1.29 is 20.1 Å². The Hall–Kier alpha value is -1.20. The molecule has 3 N–H and O–H groups in total. The molecule has 15 heavy (non-hydrogen) atoms. The Morgan fingerprint density at radius 2 is 1.73 bits per heavy atom. The monoisotopic (exact) mass is 209 g/mol. The van der Waals surface area contributed by atoms with E-state index in [2.05, 4.69) is 5.73 Å².